The summed E-state index contributed by atoms with van der Waals surface area (Å²) in [6.45, 7) is 4.80. The predicted octanol–water partition coefficient (Wildman–Crippen LogP) is 2.62. The van der Waals surface area contributed by atoms with Crippen molar-refractivity contribution < 1.29 is 4.39 Å². The number of tetrazole rings is 1. The molecule has 0 aliphatic carbocycles. The summed E-state index contributed by atoms with van der Waals surface area (Å²) in [5.41, 5.74) is 1.31. The lowest BCUT2D eigenvalue weighted by Crippen LogP contribution is -2.05. The van der Waals surface area contributed by atoms with Crippen LogP contribution in [-0.4, -0.2) is 29.8 Å². The lowest BCUT2D eigenvalue weighted by Gasteiger charge is -2.07. The minimum Gasteiger partial charge on any atom is -0.326 e. The zero-order valence-corrected chi connectivity index (χ0v) is 13.1. The molecule has 0 saturated carbocycles. The van der Waals surface area contributed by atoms with Crippen LogP contribution in [0.3, 0.4) is 0 Å². The average Bonchev–Trinajstić information content (AvgIpc) is 3.15. The molecule has 0 saturated heterocycles. The van der Waals surface area contributed by atoms with Gasteiger partial charge in [-0.25, -0.2) is 9.37 Å². The van der Waals surface area contributed by atoms with Gasteiger partial charge in [0.25, 0.3) is 0 Å². The molecule has 0 aliphatic heterocycles. The van der Waals surface area contributed by atoms with Gasteiger partial charge < -0.3 is 4.57 Å². The SMILES string of the molecule is CCn1ccnc1SCc1nnnn1-c1cc(C)ccc1F. The van der Waals surface area contributed by atoms with E-state index in [-0.39, 0.29) is 5.82 Å². The number of hydrogen-bond acceptors (Lipinski definition) is 5. The third kappa shape index (κ3) is 2.87. The van der Waals surface area contributed by atoms with Crippen LogP contribution in [0.4, 0.5) is 4.39 Å². The van der Waals surface area contributed by atoms with Gasteiger partial charge in [0, 0.05) is 18.9 Å². The van der Waals surface area contributed by atoms with E-state index in [1.165, 1.54) is 22.5 Å². The third-order valence-corrected chi connectivity index (χ3v) is 4.21. The highest BCUT2D eigenvalue weighted by Gasteiger charge is 2.14. The second kappa shape index (κ2) is 6.27. The van der Waals surface area contributed by atoms with E-state index < -0.39 is 0 Å². The maximum absolute atomic E-state index is 14.0. The molecule has 0 radical (unpaired) electrons. The molecule has 2 heterocycles. The molecule has 0 N–H and O–H groups in total. The molecule has 0 spiro atoms. The van der Waals surface area contributed by atoms with Gasteiger partial charge in [-0.15, -0.1) is 5.10 Å². The van der Waals surface area contributed by atoms with Crippen LogP contribution in [0, 0.1) is 12.7 Å². The molecule has 22 heavy (non-hydrogen) atoms. The van der Waals surface area contributed by atoms with Crippen LogP contribution in [0.2, 0.25) is 0 Å². The number of benzene rings is 1. The zero-order chi connectivity index (χ0) is 15.5. The van der Waals surface area contributed by atoms with Crippen LogP contribution in [0.1, 0.15) is 18.3 Å². The Morgan fingerprint density at radius 3 is 3.00 bits per heavy atom. The summed E-state index contributed by atoms with van der Waals surface area (Å²) < 4.78 is 17.5. The van der Waals surface area contributed by atoms with Gasteiger partial charge >= 0.3 is 0 Å². The molecule has 8 heteroatoms. The average molecular weight is 318 g/mol. The van der Waals surface area contributed by atoms with E-state index in [1.54, 1.807) is 18.3 Å². The van der Waals surface area contributed by atoms with E-state index in [2.05, 4.69) is 27.4 Å². The van der Waals surface area contributed by atoms with Crippen molar-refractivity contribution in [2.24, 2.45) is 0 Å². The second-order valence-corrected chi connectivity index (χ2v) is 5.69. The van der Waals surface area contributed by atoms with Crippen molar-refractivity contribution in [3.8, 4) is 5.69 Å². The minimum atomic E-state index is -0.348. The monoisotopic (exact) mass is 318 g/mol. The maximum Gasteiger partial charge on any atom is 0.168 e. The first-order valence-electron chi connectivity index (χ1n) is 6.86. The van der Waals surface area contributed by atoms with Crippen LogP contribution in [0.25, 0.3) is 5.69 Å². The van der Waals surface area contributed by atoms with Crippen LogP contribution < -0.4 is 0 Å². The van der Waals surface area contributed by atoms with Gasteiger partial charge in [-0.05, 0) is 42.0 Å². The summed E-state index contributed by atoms with van der Waals surface area (Å²) in [4.78, 5) is 4.29. The van der Waals surface area contributed by atoms with Crippen molar-refractivity contribution >= 4 is 11.8 Å². The Morgan fingerprint density at radius 1 is 1.32 bits per heavy atom. The van der Waals surface area contributed by atoms with Crippen LogP contribution in [0.15, 0.2) is 35.7 Å². The van der Waals surface area contributed by atoms with Crippen LogP contribution >= 0.6 is 11.8 Å². The molecule has 6 nitrogen and oxygen atoms in total. The maximum atomic E-state index is 14.0. The van der Waals surface area contributed by atoms with E-state index in [0.29, 0.717) is 17.3 Å². The molecule has 114 valence electrons. The fourth-order valence-electron chi connectivity index (χ4n) is 2.07. The summed E-state index contributed by atoms with van der Waals surface area (Å²) in [6.07, 6.45) is 3.68. The number of thioether (sulfide) groups is 1. The molecule has 0 fully saturated rings. The zero-order valence-electron chi connectivity index (χ0n) is 12.3. The highest BCUT2D eigenvalue weighted by atomic mass is 32.2. The molecule has 0 bridgehead atoms. The fraction of sp³-hybridized carbons (Fsp3) is 0.286. The second-order valence-electron chi connectivity index (χ2n) is 4.75. The number of aryl methyl sites for hydroxylation is 2. The molecule has 3 rings (SSSR count). The smallest absolute Gasteiger partial charge is 0.168 e. The Labute approximate surface area is 131 Å². The normalized spacial score (nSPS) is 11.0. The molecular formula is C14H15FN6S. The van der Waals surface area contributed by atoms with Crippen LogP contribution in [-0.2, 0) is 12.3 Å². The topological polar surface area (TPSA) is 61.4 Å². The number of halogens is 1. The molecule has 1 aromatic carbocycles. The van der Waals surface area contributed by atoms with Gasteiger partial charge in [0.2, 0.25) is 0 Å². The molecule has 0 unspecified atom stereocenters. The van der Waals surface area contributed by atoms with Gasteiger partial charge in [0.05, 0.1) is 5.75 Å². The van der Waals surface area contributed by atoms with Gasteiger partial charge in [0.1, 0.15) is 11.5 Å². The lowest BCUT2D eigenvalue weighted by atomic mass is 10.2. The van der Waals surface area contributed by atoms with E-state index in [9.17, 15) is 4.39 Å². The molecule has 0 aliphatic rings. The van der Waals surface area contributed by atoms with E-state index in [0.717, 1.165) is 17.3 Å². The van der Waals surface area contributed by atoms with Crippen LogP contribution in [0.5, 0.6) is 0 Å². The van der Waals surface area contributed by atoms with Crippen molar-refractivity contribution in [1.29, 1.82) is 0 Å². The largest absolute Gasteiger partial charge is 0.326 e. The van der Waals surface area contributed by atoms with Crippen molar-refractivity contribution in [1.82, 2.24) is 29.8 Å². The van der Waals surface area contributed by atoms with Crippen molar-refractivity contribution in [2.45, 2.75) is 31.3 Å². The lowest BCUT2D eigenvalue weighted by molar-refractivity contribution is 0.603. The number of imidazole rings is 1. The van der Waals surface area contributed by atoms with Crippen molar-refractivity contribution in [3.05, 3.63) is 47.8 Å². The molecule has 0 amide bonds. The summed E-state index contributed by atoms with van der Waals surface area (Å²) >= 11 is 1.52. The summed E-state index contributed by atoms with van der Waals surface area (Å²) in [5.74, 6) is 0.747. The number of hydrogen-bond donors (Lipinski definition) is 0. The minimum absolute atomic E-state index is 0.348. The number of rotatable bonds is 5. The van der Waals surface area contributed by atoms with E-state index in [4.69, 9.17) is 0 Å². The Bertz CT molecular complexity index is 781. The van der Waals surface area contributed by atoms with E-state index >= 15 is 0 Å². The first kappa shape index (κ1) is 14.7. The number of aromatic nitrogens is 6. The van der Waals surface area contributed by atoms with Crippen molar-refractivity contribution in [3.63, 3.8) is 0 Å². The highest BCUT2D eigenvalue weighted by Crippen LogP contribution is 2.22. The van der Waals surface area contributed by atoms with Gasteiger partial charge in [-0.1, -0.05) is 17.8 Å². The predicted molar refractivity (Wildman–Crippen MR) is 81.3 cm³/mol. The third-order valence-electron chi connectivity index (χ3n) is 3.21. The fourth-order valence-corrected chi connectivity index (χ4v) is 3.00. The molecule has 2 aromatic heterocycles. The van der Waals surface area contributed by atoms with Gasteiger partial charge in [0.15, 0.2) is 11.0 Å². The summed E-state index contributed by atoms with van der Waals surface area (Å²) in [7, 11) is 0. The number of nitrogens with zero attached hydrogens (tertiary/aromatic N) is 6. The Kier molecular flexibility index (Phi) is 4.19. The van der Waals surface area contributed by atoms with E-state index in [1.807, 2.05) is 17.7 Å². The first-order chi connectivity index (χ1) is 10.7. The molecule has 3 aromatic rings. The molecular weight excluding hydrogens is 303 g/mol. The standard InChI is InChI=1S/C14H15FN6S/c1-3-20-7-6-16-14(20)22-9-13-17-18-19-21(13)12-8-10(2)4-5-11(12)15/h4-8H,3,9H2,1-2H3. The summed E-state index contributed by atoms with van der Waals surface area (Å²) in [6, 6.07) is 4.87. The Hall–Kier alpha value is -2.22. The molecule has 0 atom stereocenters. The Morgan fingerprint density at radius 2 is 2.18 bits per heavy atom. The quantitative estimate of drug-likeness (QED) is 0.677. The van der Waals surface area contributed by atoms with Crippen molar-refractivity contribution in [2.75, 3.05) is 0 Å². The Balaban J connectivity index is 1.85. The first-order valence-corrected chi connectivity index (χ1v) is 7.85. The summed E-state index contributed by atoms with van der Waals surface area (Å²) in [5, 5.41) is 12.5. The van der Waals surface area contributed by atoms with Gasteiger partial charge in [-0.2, -0.15) is 4.68 Å². The highest BCUT2D eigenvalue weighted by molar-refractivity contribution is 7.98. The van der Waals surface area contributed by atoms with Gasteiger partial charge in [-0.3, -0.25) is 0 Å².